The molecule has 0 aliphatic heterocycles. The molecule has 0 aliphatic carbocycles. The molecule has 0 aliphatic rings. The number of fused-ring (bicyclic) bond motifs is 1. The second-order valence-corrected chi connectivity index (χ2v) is 3.07. The van der Waals surface area contributed by atoms with E-state index in [1.807, 2.05) is 6.20 Å². The molecule has 0 unspecified atom stereocenters. The summed E-state index contributed by atoms with van der Waals surface area (Å²) >= 11 is 0. The minimum atomic E-state index is 1.03. The van der Waals surface area contributed by atoms with Crippen LogP contribution in [0.2, 0.25) is 0 Å². The molecule has 0 fully saturated rings. The van der Waals surface area contributed by atoms with Gasteiger partial charge in [0.1, 0.15) is 0 Å². The predicted molar refractivity (Wildman–Crippen MR) is 54.8 cm³/mol. The molecule has 3 N–H and O–H groups in total. The van der Waals surface area contributed by atoms with Crippen LogP contribution < -0.4 is 5.84 Å². The number of hydrogen-bond acceptors (Lipinski definition) is 2. The first-order valence-electron chi connectivity index (χ1n) is 4.12. The second kappa shape index (κ2) is 2.94. The molecular formula is C10H11N3. The molecule has 0 bridgehead atoms. The van der Waals surface area contributed by atoms with Crippen LogP contribution in [0.25, 0.3) is 10.9 Å². The third-order valence-corrected chi connectivity index (χ3v) is 2.08. The Balaban J connectivity index is 2.68. The van der Waals surface area contributed by atoms with Gasteiger partial charge in [-0.2, -0.15) is 5.10 Å². The van der Waals surface area contributed by atoms with E-state index in [0.29, 0.717) is 0 Å². The van der Waals surface area contributed by atoms with Crippen molar-refractivity contribution in [3.8, 4) is 0 Å². The van der Waals surface area contributed by atoms with E-state index >= 15 is 0 Å². The van der Waals surface area contributed by atoms with Gasteiger partial charge in [0, 0.05) is 22.7 Å². The molecule has 0 spiro atoms. The summed E-state index contributed by atoms with van der Waals surface area (Å²) in [6, 6.07) is 6.24. The quantitative estimate of drug-likeness (QED) is 0.385. The summed E-state index contributed by atoms with van der Waals surface area (Å²) in [5, 5.41) is 4.66. The Labute approximate surface area is 76.3 Å². The average molecular weight is 173 g/mol. The van der Waals surface area contributed by atoms with Gasteiger partial charge in [0.15, 0.2) is 0 Å². The molecule has 1 aromatic carbocycles. The van der Waals surface area contributed by atoms with Crippen molar-refractivity contribution in [2.24, 2.45) is 10.9 Å². The number of aryl methyl sites for hydroxylation is 1. The van der Waals surface area contributed by atoms with Crippen molar-refractivity contribution in [2.45, 2.75) is 6.92 Å². The van der Waals surface area contributed by atoms with Crippen molar-refractivity contribution in [3.63, 3.8) is 0 Å². The number of rotatable bonds is 1. The predicted octanol–water partition coefficient (Wildman–Crippen LogP) is 1.77. The van der Waals surface area contributed by atoms with Crippen LogP contribution in [0.15, 0.2) is 29.5 Å². The van der Waals surface area contributed by atoms with E-state index in [0.717, 1.165) is 16.5 Å². The Hall–Kier alpha value is -1.77. The molecule has 1 heterocycles. The van der Waals surface area contributed by atoms with Gasteiger partial charge in [-0.1, -0.05) is 12.1 Å². The largest absolute Gasteiger partial charge is 0.360 e. The molecule has 0 radical (unpaired) electrons. The smallest absolute Gasteiger partial charge is 0.0559 e. The normalized spacial score (nSPS) is 11.5. The number of hydrogen-bond donors (Lipinski definition) is 2. The van der Waals surface area contributed by atoms with Crippen LogP contribution >= 0.6 is 0 Å². The second-order valence-electron chi connectivity index (χ2n) is 3.07. The number of nitrogens with two attached hydrogens (primary N) is 1. The minimum Gasteiger partial charge on any atom is -0.360 e. The molecule has 0 saturated heterocycles. The van der Waals surface area contributed by atoms with Crippen LogP contribution in [0.5, 0.6) is 0 Å². The lowest BCUT2D eigenvalue weighted by Crippen LogP contribution is -1.83. The molecule has 13 heavy (non-hydrogen) atoms. The Morgan fingerprint density at radius 1 is 1.46 bits per heavy atom. The van der Waals surface area contributed by atoms with Crippen molar-refractivity contribution in [1.29, 1.82) is 0 Å². The maximum absolute atomic E-state index is 5.10. The summed E-state index contributed by atoms with van der Waals surface area (Å²) in [5.41, 5.74) is 3.39. The fourth-order valence-electron chi connectivity index (χ4n) is 1.45. The third-order valence-electron chi connectivity index (χ3n) is 2.08. The van der Waals surface area contributed by atoms with Gasteiger partial charge in [-0.3, -0.25) is 0 Å². The first-order chi connectivity index (χ1) is 6.31. The summed E-state index contributed by atoms with van der Waals surface area (Å²) in [4.78, 5) is 3.17. The highest BCUT2D eigenvalue weighted by molar-refractivity contribution is 5.99. The van der Waals surface area contributed by atoms with E-state index in [2.05, 4.69) is 35.2 Å². The molecular weight excluding hydrogens is 162 g/mol. The van der Waals surface area contributed by atoms with Crippen molar-refractivity contribution in [2.75, 3.05) is 0 Å². The monoisotopic (exact) mass is 173 g/mol. The van der Waals surface area contributed by atoms with E-state index in [1.165, 1.54) is 5.56 Å². The van der Waals surface area contributed by atoms with Crippen LogP contribution in [0.4, 0.5) is 0 Å². The zero-order chi connectivity index (χ0) is 9.26. The Morgan fingerprint density at radius 3 is 3.08 bits per heavy atom. The Kier molecular flexibility index (Phi) is 1.77. The number of benzene rings is 1. The van der Waals surface area contributed by atoms with Crippen molar-refractivity contribution >= 4 is 17.1 Å². The number of nitrogens with zero attached hydrogens (tertiary/aromatic N) is 1. The van der Waals surface area contributed by atoms with Gasteiger partial charge in [-0.05, 0) is 18.6 Å². The molecule has 3 nitrogen and oxygen atoms in total. The van der Waals surface area contributed by atoms with Gasteiger partial charge in [0.05, 0.1) is 6.21 Å². The van der Waals surface area contributed by atoms with Gasteiger partial charge < -0.3 is 10.8 Å². The van der Waals surface area contributed by atoms with E-state index in [4.69, 9.17) is 5.84 Å². The first-order valence-corrected chi connectivity index (χ1v) is 4.12. The van der Waals surface area contributed by atoms with Crippen LogP contribution in [-0.2, 0) is 0 Å². The van der Waals surface area contributed by atoms with Gasteiger partial charge in [0.25, 0.3) is 0 Å². The number of aromatic nitrogens is 1. The Morgan fingerprint density at radius 2 is 2.31 bits per heavy atom. The van der Waals surface area contributed by atoms with Gasteiger partial charge >= 0.3 is 0 Å². The van der Waals surface area contributed by atoms with E-state index in [1.54, 1.807) is 6.21 Å². The van der Waals surface area contributed by atoms with E-state index in [9.17, 15) is 0 Å². The van der Waals surface area contributed by atoms with Gasteiger partial charge in [-0.15, -0.1) is 0 Å². The number of hydrazone groups is 1. The van der Waals surface area contributed by atoms with Crippen molar-refractivity contribution in [3.05, 3.63) is 35.5 Å². The molecule has 2 rings (SSSR count). The fourth-order valence-corrected chi connectivity index (χ4v) is 1.45. The topological polar surface area (TPSA) is 54.2 Å². The molecule has 1 aromatic heterocycles. The summed E-state index contributed by atoms with van der Waals surface area (Å²) in [7, 11) is 0. The van der Waals surface area contributed by atoms with Gasteiger partial charge in [0.2, 0.25) is 0 Å². The molecule has 0 amide bonds. The first kappa shape index (κ1) is 7.86. The van der Waals surface area contributed by atoms with E-state index in [-0.39, 0.29) is 0 Å². The summed E-state index contributed by atoms with van der Waals surface area (Å²) in [6.45, 7) is 2.07. The highest BCUT2D eigenvalue weighted by Gasteiger charge is 2.00. The molecule has 3 heteroatoms. The highest BCUT2D eigenvalue weighted by atomic mass is 15.1. The van der Waals surface area contributed by atoms with Crippen LogP contribution in [0, 0.1) is 6.92 Å². The summed E-state index contributed by atoms with van der Waals surface area (Å²) in [6.07, 6.45) is 3.55. The maximum Gasteiger partial charge on any atom is 0.0559 e. The lowest BCUT2D eigenvalue weighted by molar-refractivity contribution is 1.26. The fraction of sp³-hybridized carbons (Fsp3) is 0.100. The highest BCUT2D eigenvalue weighted by Crippen LogP contribution is 2.17. The zero-order valence-corrected chi connectivity index (χ0v) is 7.41. The summed E-state index contributed by atoms with van der Waals surface area (Å²) < 4.78 is 0. The lowest BCUT2D eigenvalue weighted by Gasteiger charge is -1.93. The maximum atomic E-state index is 5.10. The number of nitrogens with one attached hydrogen (secondary N) is 1. The number of H-pyrrole nitrogens is 1. The summed E-state index contributed by atoms with van der Waals surface area (Å²) in [5.74, 6) is 5.10. The van der Waals surface area contributed by atoms with Crippen LogP contribution in [0.1, 0.15) is 11.1 Å². The van der Waals surface area contributed by atoms with Crippen molar-refractivity contribution in [1.82, 2.24) is 4.98 Å². The lowest BCUT2D eigenvalue weighted by atomic mass is 10.1. The molecule has 0 atom stereocenters. The van der Waals surface area contributed by atoms with Crippen LogP contribution in [0.3, 0.4) is 0 Å². The SMILES string of the molecule is Cc1ccc2c(/C=N/N)c[nH]c2c1. The number of aromatic amines is 1. The Bertz CT molecular complexity index is 454. The van der Waals surface area contributed by atoms with Crippen LogP contribution in [-0.4, -0.2) is 11.2 Å². The third kappa shape index (κ3) is 1.28. The van der Waals surface area contributed by atoms with Gasteiger partial charge in [-0.25, -0.2) is 0 Å². The van der Waals surface area contributed by atoms with Crippen molar-refractivity contribution < 1.29 is 0 Å². The zero-order valence-electron chi connectivity index (χ0n) is 7.41. The molecule has 66 valence electrons. The minimum absolute atomic E-state index is 1.03. The standard InChI is InChI=1S/C10H11N3/c1-7-2-3-9-8(6-13-11)5-12-10(9)4-7/h2-6,12H,11H2,1H3/b13-6+. The molecule has 2 aromatic rings. The van der Waals surface area contributed by atoms with E-state index < -0.39 is 0 Å². The molecule has 0 saturated carbocycles. The average Bonchev–Trinajstić information content (AvgIpc) is 2.49.